The van der Waals surface area contributed by atoms with Gasteiger partial charge in [-0.15, -0.1) is 16.8 Å². The molecule has 2 aromatic heterocycles. The zero-order valence-corrected chi connectivity index (χ0v) is 16.2. The van der Waals surface area contributed by atoms with E-state index in [0.29, 0.717) is 29.4 Å². The first-order chi connectivity index (χ1) is 13.7. The van der Waals surface area contributed by atoms with Crippen LogP contribution in [-0.4, -0.2) is 50.1 Å². The summed E-state index contributed by atoms with van der Waals surface area (Å²) >= 11 is 1.29. The number of aromatic nitrogens is 4. The molecule has 1 saturated heterocycles. The van der Waals surface area contributed by atoms with Crippen molar-refractivity contribution in [2.75, 3.05) is 18.9 Å². The molecule has 1 fully saturated rings. The van der Waals surface area contributed by atoms with Crippen LogP contribution in [0.2, 0.25) is 0 Å². The third kappa shape index (κ3) is 3.55. The quantitative estimate of drug-likeness (QED) is 0.480. The number of amides is 1. The van der Waals surface area contributed by atoms with Gasteiger partial charge in [-0.25, -0.2) is 0 Å². The van der Waals surface area contributed by atoms with E-state index in [1.165, 1.54) is 16.3 Å². The molecule has 9 heteroatoms. The highest BCUT2D eigenvalue weighted by Gasteiger charge is 2.18. The highest BCUT2D eigenvalue weighted by Crippen LogP contribution is 2.21. The van der Waals surface area contributed by atoms with E-state index in [4.69, 9.17) is 4.74 Å². The molecule has 0 bridgehead atoms. The molecular formula is C19H21N5O3S. The number of para-hydroxylation sites is 1. The Morgan fingerprint density at radius 2 is 2.25 bits per heavy atom. The first kappa shape index (κ1) is 18.7. The third-order valence-corrected chi connectivity index (χ3v) is 5.60. The number of hydrogen-bond acceptors (Lipinski definition) is 6. The van der Waals surface area contributed by atoms with Crippen molar-refractivity contribution in [3.8, 4) is 0 Å². The topological polar surface area (TPSA) is 90.5 Å². The summed E-state index contributed by atoms with van der Waals surface area (Å²) in [6.45, 7) is 5.34. The Morgan fingerprint density at radius 3 is 3.04 bits per heavy atom. The lowest BCUT2D eigenvalue weighted by Crippen LogP contribution is -2.32. The van der Waals surface area contributed by atoms with Crippen LogP contribution in [0.1, 0.15) is 12.8 Å². The molecule has 1 aromatic carbocycles. The van der Waals surface area contributed by atoms with Crippen LogP contribution in [0, 0.1) is 0 Å². The smallest absolute Gasteiger partial charge is 0.263 e. The van der Waals surface area contributed by atoms with Crippen LogP contribution in [0.15, 0.2) is 46.9 Å². The summed E-state index contributed by atoms with van der Waals surface area (Å²) in [4.78, 5) is 25.0. The molecule has 4 rings (SSSR count). The van der Waals surface area contributed by atoms with Crippen LogP contribution in [0.5, 0.6) is 0 Å². The molecule has 1 aliphatic heterocycles. The van der Waals surface area contributed by atoms with Gasteiger partial charge in [0.25, 0.3) is 5.56 Å². The Labute approximate surface area is 165 Å². The highest BCUT2D eigenvalue weighted by atomic mass is 32.2. The van der Waals surface area contributed by atoms with Gasteiger partial charge in [-0.3, -0.25) is 18.6 Å². The van der Waals surface area contributed by atoms with Crippen molar-refractivity contribution in [2.24, 2.45) is 0 Å². The molecule has 1 atom stereocenters. The molecule has 3 heterocycles. The molecule has 28 heavy (non-hydrogen) atoms. The van der Waals surface area contributed by atoms with Crippen LogP contribution in [-0.2, 0) is 16.1 Å². The fourth-order valence-electron chi connectivity index (χ4n) is 3.33. The molecule has 0 unspecified atom stereocenters. The number of thioether (sulfide) groups is 1. The summed E-state index contributed by atoms with van der Waals surface area (Å²) in [5, 5.41) is 12.4. The zero-order chi connectivity index (χ0) is 19.5. The maximum absolute atomic E-state index is 12.8. The number of nitrogens with zero attached hydrogens (tertiary/aromatic N) is 4. The molecule has 146 valence electrons. The fraction of sp³-hybridized carbons (Fsp3) is 0.368. The Bertz CT molecular complexity index is 1080. The summed E-state index contributed by atoms with van der Waals surface area (Å²) < 4.78 is 8.87. The molecule has 1 amide bonds. The van der Waals surface area contributed by atoms with E-state index in [9.17, 15) is 9.59 Å². The average Bonchev–Trinajstić information content (AvgIpc) is 3.38. The zero-order valence-electron chi connectivity index (χ0n) is 15.3. The number of nitrogens with one attached hydrogen (secondary N) is 1. The van der Waals surface area contributed by atoms with Gasteiger partial charge in [-0.2, -0.15) is 0 Å². The number of allylic oxidation sites excluding steroid dienone is 1. The van der Waals surface area contributed by atoms with Gasteiger partial charge in [0.15, 0.2) is 5.16 Å². The molecule has 0 saturated carbocycles. The summed E-state index contributed by atoms with van der Waals surface area (Å²) in [7, 11) is 0. The SMILES string of the molecule is C=CCn1c(=O)c2ccccc2n2c(SCC(=O)NC[C@H]3CCCO3)nnc12. The Morgan fingerprint density at radius 1 is 1.39 bits per heavy atom. The molecule has 8 nitrogen and oxygen atoms in total. The Balaban J connectivity index is 1.60. The van der Waals surface area contributed by atoms with E-state index in [1.54, 1.807) is 12.1 Å². The molecule has 3 aromatic rings. The van der Waals surface area contributed by atoms with Gasteiger partial charge in [0, 0.05) is 19.7 Å². The summed E-state index contributed by atoms with van der Waals surface area (Å²) in [5.41, 5.74) is 0.580. The first-order valence-electron chi connectivity index (χ1n) is 9.17. The largest absolute Gasteiger partial charge is 0.376 e. The minimum Gasteiger partial charge on any atom is -0.376 e. The highest BCUT2D eigenvalue weighted by molar-refractivity contribution is 7.99. The van der Waals surface area contributed by atoms with Gasteiger partial charge in [0.05, 0.1) is 22.8 Å². The lowest BCUT2D eigenvalue weighted by molar-refractivity contribution is -0.119. The first-order valence-corrected chi connectivity index (χ1v) is 10.2. The van der Waals surface area contributed by atoms with Gasteiger partial charge in [0.2, 0.25) is 11.7 Å². The lowest BCUT2D eigenvalue weighted by atomic mass is 10.2. The Hall–Kier alpha value is -2.65. The standard InChI is InChI=1S/C19H21N5O3S/c1-2-9-23-17(26)14-7-3-4-8-15(14)24-18(23)21-22-19(24)28-12-16(25)20-11-13-6-5-10-27-13/h2-4,7-8,13H,1,5-6,9-12H2,(H,20,25)/t13-/m1/s1. The fourth-order valence-corrected chi connectivity index (χ4v) is 4.10. The van der Waals surface area contributed by atoms with Gasteiger partial charge < -0.3 is 10.1 Å². The monoisotopic (exact) mass is 399 g/mol. The van der Waals surface area contributed by atoms with Gasteiger partial charge in [0.1, 0.15) is 0 Å². The minimum atomic E-state index is -0.138. The van der Waals surface area contributed by atoms with Crippen molar-refractivity contribution >= 4 is 34.3 Å². The van der Waals surface area contributed by atoms with Crippen LogP contribution in [0.25, 0.3) is 16.7 Å². The van der Waals surface area contributed by atoms with Crippen molar-refractivity contribution in [3.05, 3.63) is 47.3 Å². The van der Waals surface area contributed by atoms with Gasteiger partial charge in [-0.1, -0.05) is 30.0 Å². The second-order valence-corrected chi connectivity index (χ2v) is 7.51. The van der Waals surface area contributed by atoms with E-state index in [2.05, 4.69) is 22.1 Å². The van der Waals surface area contributed by atoms with E-state index in [0.717, 1.165) is 25.0 Å². The van der Waals surface area contributed by atoms with Crippen LogP contribution in [0.4, 0.5) is 0 Å². The summed E-state index contributed by atoms with van der Waals surface area (Å²) in [6, 6.07) is 7.32. The summed E-state index contributed by atoms with van der Waals surface area (Å²) in [6.07, 6.45) is 3.78. The van der Waals surface area contributed by atoms with Crippen molar-refractivity contribution in [1.82, 2.24) is 24.5 Å². The number of ether oxygens (including phenoxy) is 1. The van der Waals surface area contributed by atoms with Crippen LogP contribution in [0.3, 0.4) is 0 Å². The van der Waals surface area contributed by atoms with Crippen molar-refractivity contribution in [1.29, 1.82) is 0 Å². The van der Waals surface area contributed by atoms with Crippen molar-refractivity contribution < 1.29 is 9.53 Å². The second kappa shape index (κ2) is 8.15. The van der Waals surface area contributed by atoms with Crippen molar-refractivity contribution in [2.45, 2.75) is 30.6 Å². The van der Waals surface area contributed by atoms with E-state index in [-0.39, 0.29) is 23.3 Å². The molecular weight excluding hydrogens is 378 g/mol. The van der Waals surface area contributed by atoms with E-state index in [1.807, 2.05) is 22.6 Å². The number of carbonyl (C=O) groups is 1. The maximum Gasteiger partial charge on any atom is 0.263 e. The normalized spacial score (nSPS) is 16.6. The van der Waals surface area contributed by atoms with E-state index >= 15 is 0 Å². The molecule has 0 aliphatic carbocycles. The van der Waals surface area contributed by atoms with Gasteiger partial charge in [-0.05, 0) is 25.0 Å². The van der Waals surface area contributed by atoms with Gasteiger partial charge >= 0.3 is 0 Å². The maximum atomic E-state index is 12.8. The van der Waals surface area contributed by atoms with Crippen molar-refractivity contribution in [3.63, 3.8) is 0 Å². The second-order valence-electron chi connectivity index (χ2n) is 6.57. The minimum absolute atomic E-state index is 0.0824. The number of carbonyl (C=O) groups excluding carboxylic acids is 1. The summed E-state index contributed by atoms with van der Waals surface area (Å²) in [5.74, 6) is 0.564. The number of fused-ring (bicyclic) bond motifs is 3. The predicted octanol–water partition coefficient (Wildman–Crippen LogP) is 1.62. The van der Waals surface area contributed by atoms with E-state index < -0.39 is 0 Å². The Kier molecular flexibility index (Phi) is 5.45. The van der Waals surface area contributed by atoms with Crippen LogP contribution < -0.4 is 10.9 Å². The molecule has 0 radical (unpaired) electrons. The average molecular weight is 399 g/mol. The third-order valence-electron chi connectivity index (χ3n) is 4.67. The number of benzene rings is 1. The lowest BCUT2D eigenvalue weighted by Gasteiger charge is -2.11. The molecule has 1 aliphatic rings. The number of rotatable bonds is 7. The number of hydrogen-bond donors (Lipinski definition) is 1. The van der Waals surface area contributed by atoms with Crippen LogP contribution >= 0.6 is 11.8 Å². The predicted molar refractivity (Wildman–Crippen MR) is 108 cm³/mol. The molecule has 0 spiro atoms. The molecule has 1 N–H and O–H groups in total.